The first kappa shape index (κ1) is 27.7. The summed E-state index contributed by atoms with van der Waals surface area (Å²) in [4.78, 5) is 11.3. The monoisotopic (exact) mass is 590 g/mol. The van der Waals surface area contributed by atoms with Gasteiger partial charge in [-0.1, -0.05) is 42.5 Å². The van der Waals surface area contributed by atoms with E-state index >= 15 is 0 Å². The van der Waals surface area contributed by atoms with Gasteiger partial charge in [-0.3, -0.25) is 0 Å². The fourth-order valence-electron chi connectivity index (χ4n) is 3.34. The normalized spacial score (nSPS) is 11.8. The van der Waals surface area contributed by atoms with Crippen LogP contribution in [0.5, 0.6) is 5.75 Å². The van der Waals surface area contributed by atoms with Crippen molar-refractivity contribution in [2.24, 2.45) is 0 Å². The number of carboxylic acids is 1. The Balaban J connectivity index is 2.01. The van der Waals surface area contributed by atoms with Crippen LogP contribution in [-0.2, 0) is 17.1 Å². The second-order valence-electron chi connectivity index (χ2n) is 7.29. The summed E-state index contributed by atoms with van der Waals surface area (Å²) in [5.74, 6) is -0.828. The van der Waals surface area contributed by atoms with Crippen molar-refractivity contribution < 1.29 is 41.0 Å². The van der Waals surface area contributed by atoms with Gasteiger partial charge in [0.15, 0.2) is 6.61 Å². The van der Waals surface area contributed by atoms with Crippen molar-refractivity contribution in [3.63, 3.8) is 0 Å². The summed E-state index contributed by atoms with van der Waals surface area (Å²) in [6.45, 7) is -0.539. The third-order valence-corrected chi connectivity index (χ3v) is 6.76. The minimum atomic E-state index is -4.77. The van der Waals surface area contributed by atoms with Gasteiger partial charge >= 0.3 is 18.3 Å². The summed E-state index contributed by atoms with van der Waals surface area (Å²) in [5, 5.41) is 8.71. The molecule has 0 saturated heterocycles. The molecule has 0 bridgehead atoms. The quantitative estimate of drug-likeness (QED) is 0.212. The molecule has 3 aromatic carbocycles. The predicted molar refractivity (Wildman–Crippen MR) is 128 cm³/mol. The molecule has 0 aromatic heterocycles. The summed E-state index contributed by atoms with van der Waals surface area (Å²) in [6, 6.07) is 13.6. The lowest BCUT2D eigenvalue weighted by Gasteiger charge is -2.19. The molecule has 0 spiro atoms. The van der Waals surface area contributed by atoms with Gasteiger partial charge in [-0.15, -0.1) is 11.8 Å². The lowest BCUT2D eigenvalue weighted by atomic mass is 9.90. The van der Waals surface area contributed by atoms with Gasteiger partial charge in [-0.25, -0.2) is 4.79 Å². The number of carbonyl (C=O) groups is 1. The first-order valence-corrected chi connectivity index (χ1v) is 12.0. The van der Waals surface area contributed by atoms with Gasteiger partial charge < -0.3 is 9.84 Å². The minimum Gasteiger partial charge on any atom is -0.482 e. The van der Waals surface area contributed by atoms with Crippen molar-refractivity contribution >= 4 is 39.2 Å². The standard InChI is InChI=1S/C25H17BrF6O3S/c26-21-13-15(35-14-23(33)34)9-10-22(21)36-12-11-16(17-5-1-3-7-19(17)24(27,28)29)18-6-2-4-8-20(18)25(30,31)32/h1-11,13H,12,14H2,(H,33,34). The number of rotatable bonds is 8. The zero-order valence-corrected chi connectivity index (χ0v) is 20.6. The molecule has 3 nitrogen and oxygen atoms in total. The van der Waals surface area contributed by atoms with E-state index < -0.39 is 36.1 Å². The summed E-state index contributed by atoms with van der Waals surface area (Å²) < 4.78 is 88.1. The molecule has 0 amide bonds. The molecule has 0 atom stereocenters. The number of benzene rings is 3. The van der Waals surface area contributed by atoms with E-state index in [2.05, 4.69) is 15.9 Å². The highest BCUT2D eigenvalue weighted by molar-refractivity contribution is 9.10. The van der Waals surface area contributed by atoms with Crippen molar-refractivity contribution in [1.82, 2.24) is 0 Å². The lowest BCUT2D eigenvalue weighted by Crippen LogP contribution is -2.12. The van der Waals surface area contributed by atoms with E-state index in [0.29, 0.717) is 9.37 Å². The summed E-state index contributed by atoms with van der Waals surface area (Å²) in [7, 11) is 0. The van der Waals surface area contributed by atoms with Gasteiger partial charge in [0.05, 0.1) is 11.1 Å². The second-order valence-corrected chi connectivity index (χ2v) is 9.21. The fourth-order valence-corrected chi connectivity index (χ4v) is 4.84. The second kappa shape index (κ2) is 11.4. The number of alkyl halides is 6. The van der Waals surface area contributed by atoms with E-state index in [9.17, 15) is 31.1 Å². The highest BCUT2D eigenvalue weighted by Crippen LogP contribution is 2.42. The van der Waals surface area contributed by atoms with Crippen LogP contribution in [0.2, 0.25) is 0 Å². The molecule has 36 heavy (non-hydrogen) atoms. The van der Waals surface area contributed by atoms with Crippen LogP contribution in [0.4, 0.5) is 26.3 Å². The van der Waals surface area contributed by atoms with Crippen LogP contribution in [0.3, 0.4) is 0 Å². The van der Waals surface area contributed by atoms with E-state index in [1.54, 1.807) is 6.07 Å². The van der Waals surface area contributed by atoms with Crippen LogP contribution in [0.1, 0.15) is 22.3 Å². The number of hydrogen-bond donors (Lipinski definition) is 1. The lowest BCUT2D eigenvalue weighted by molar-refractivity contribution is -0.139. The third-order valence-electron chi connectivity index (χ3n) is 4.84. The van der Waals surface area contributed by atoms with E-state index in [1.807, 2.05) is 0 Å². The molecule has 1 N–H and O–H groups in total. The van der Waals surface area contributed by atoms with Crippen molar-refractivity contribution in [2.75, 3.05) is 12.4 Å². The number of thioether (sulfide) groups is 1. The molecule has 0 fully saturated rings. The molecule has 0 aliphatic carbocycles. The van der Waals surface area contributed by atoms with Crippen molar-refractivity contribution in [3.8, 4) is 5.75 Å². The van der Waals surface area contributed by atoms with Crippen molar-refractivity contribution in [3.05, 3.63) is 99.5 Å². The molecule has 0 aliphatic rings. The number of hydrogen-bond acceptors (Lipinski definition) is 3. The van der Waals surface area contributed by atoms with Crippen molar-refractivity contribution in [1.29, 1.82) is 0 Å². The Bertz CT molecular complexity index is 1210. The van der Waals surface area contributed by atoms with Crippen molar-refractivity contribution in [2.45, 2.75) is 17.2 Å². The van der Waals surface area contributed by atoms with Crippen LogP contribution in [0.15, 0.2) is 82.2 Å². The molecule has 3 rings (SSSR count). The van der Waals surface area contributed by atoms with Crippen LogP contribution < -0.4 is 4.74 Å². The highest BCUT2D eigenvalue weighted by Gasteiger charge is 2.37. The smallest absolute Gasteiger partial charge is 0.417 e. The first-order chi connectivity index (χ1) is 16.9. The average Bonchev–Trinajstić information content (AvgIpc) is 2.80. The highest BCUT2D eigenvalue weighted by atomic mass is 79.9. The average molecular weight is 591 g/mol. The maximum absolute atomic E-state index is 13.7. The van der Waals surface area contributed by atoms with E-state index in [4.69, 9.17) is 9.84 Å². The fraction of sp³-hybridized carbons (Fsp3) is 0.160. The molecular formula is C25H17BrF6O3S. The topological polar surface area (TPSA) is 46.5 Å². The Morgan fingerprint density at radius 2 is 1.42 bits per heavy atom. The van der Waals surface area contributed by atoms with Gasteiger partial charge in [-0.05, 0) is 63.0 Å². The van der Waals surface area contributed by atoms with E-state index in [0.717, 1.165) is 24.3 Å². The maximum Gasteiger partial charge on any atom is 0.417 e. The Hall–Kier alpha value is -2.92. The number of carboxylic acid groups (broad SMARTS) is 1. The Kier molecular flexibility index (Phi) is 8.78. The number of halogens is 7. The van der Waals surface area contributed by atoms with Gasteiger partial charge in [0.2, 0.25) is 0 Å². The molecule has 0 radical (unpaired) electrons. The largest absolute Gasteiger partial charge is 0.482 e. The van der Waals surface area contributed by atoms with E-state index in [1.165, 1.54) is 54.2 Å². The summed E-state index contributed by atoms with van der Waals surface area (Å²) in [6.07, 6.45) is -8.21. The number of aliphatic carboxylic acids is 1. The van der Waals surface area contributed by atoms with Crippen LogP contribution >= 0.6 is 27.7 Å². The zero-order valence-electron chi connectivity index (χ0n) is 18.2. The third kappa shape index (κ3) is 7.07. The van der Waals surface area contributed by atoms with Gasteiger partial charge in [0.1, 0.15) is 5.75 Å². The van der Waals surface area contributed by atoms with E-state index in [-0.39, 0.29) is 28.2 Å². The molecular weight excluding hydrogens is 574 g/mol. The van der Waals surface area contributed by atoms with Gasteiger partial charge in [-0.2, -0.15) is 26.3 Å². The predicted octanol–water partition coefficient (Wildman–Crippen LogP) is 8.17. The van der Waals surface area contributed by atoms with Gasteiger partial charge in [0, 0.05) is 15.1 Å². The first-order valence-electron chi connectivity index (χ1n) is 10.2. The maximum atomic E-state index is 13.7. The Morgan fingerprint density at radius 1 is 0.889 bits per heavy atom. The molecule has 11 heteroatoms. The zero-order chi connectivity index (χ0) is 26.5. The molecule has 0 saturated carbocycles. The van der Waals surface area contributed by atoms with Crippen LogP contribution in [0.25, 0.3) is 5.57 Å². The minimum absolute atomic E-state index is 0.0433. The Labute approximate surface area is 214 Å². The number of ether oxygens (including phenoxy) is 1. The summed E-state index contributed by atoms with van der Waals surface area (Å²) in [5.41, 5.74) is -3.00. The molecule has 190 valence electrons. The molecule has 0 aliphatic heterocycles. The molecule has 0 unspecified atom stereocenters. The SMILES string of the molecule is O=C(O)COc1ccc(SCC=C(c2ccccc2C(F)(F)F)c2ccccc2C(F)(F)F)c(Br)c1. The Morgan fingerprint density at radius 3 is 1.89 bits per heavy atom. The summed E-state index contributed by atoms with van der Waals surface area (Å²) >= 11 is 4.49. The van der Waals surface area contributed by atoms with Gasteiger partial charge in [0.25, 0.3) is 0 Å². The van der Waals surface area contributed by atoms with Crippen LogP contribution in [-0.4, -0.2) is 23.4 Å². The molecule has 3 aromatic rings. The molecule has 0 heterocycles. The van der Waals surface area contributed by atoms with Crippen LogP contribution in [0, 0.1) is 0 Å².